The Morgan fingerprint density at radius 2 is 2.12 bits per heavy atom. The van der Waals surface area contributed by atoms with Crippen molar-refractivity contribution in [1.29, 1.82) is 5.26 Å². The number of nitrogens with zero attached hydrogens (tertiary/aromatic N) is 2. The van der Waals surface area contributed by atoms with Crippen LogP contribution >= 0.6 is 0 Å². The van der Waals surface area contributed by atoms with Crippen LogP contribution in [0.1, 0.15) is 17.5 Å². The summed E-state index contributed by atoms with van der Waals surface area (Å²) in [5.41, 5.74) is 3.85. The van der Waals surface area contributed by atoms with E-state index in [1.165, 1.54) is 6.20 Å². The first-order valence-electron chi connectivity index (χ1n) is 8.55. The molecule has 0 atom stereocenters. The van der Waals surface area contributed by atoms with Gasteiger partial charge in [-0.05, 0) is 49.1 Å². The number of carbonyl (C=O) groups is 1. The lowest BCUT2D eigenvalue weighted by molar-refractivity contribution is -0.114. The molecule has 0 bridgehead atoms. The monoisotopic (exact) mass is 347 g/mol. The summed E-state index contributed by atoms with van der Waals surface area (Å²) >= 11 is 0. The van der Waals surface area contributed by atoms with E-state index in [0.717, 1.165) is 29.7 Å². The average Bonchev–Trinajstić information content (AvgIpc) is 2.68. The number of aryl methyl sites for hydroxylation is 2. The normalized spacial score (nSPS) is 13.6. The number of methoxy groups -OCH3 is 1. The number of amides is 1. The summed E-state index contributed by atoms with van der Waals surface area (Å²) in [6.45, 7) is 2.58. The molecule has 1 heterocycles. The van der Waals surface area contributed by atoms with Crippen molar-refractivity contribution in [3.63, 3.8) is 0 Å². The molecule has 0 spiro atoms. The van der Waals surface area contributed by atoms with Crippen LogP contribution in [-0.4, -0.2) is 19.6 Å². The molecule has 5 heteroatoms. The maximum absolute atomic E-state index is 12.9. The van der Waals surface area contributed by atoms with Crippen LogP contribution < -0.4 is 15.0 Å². The average molecular weight is 347 g/mol. The second-order valence-electron chi connectivity index (χ2n) is 6.21. The molecule has 2 aromatic carbocycles. The van der Waals surface area contributed by atoms with E-state index in [1.54, 1.807) is 12.0 Å². The third-order valence-electron chi connectivity index (χ3n) is 4.43. The van der Waals surface area contributed by atoms with Crippen LogP contribution in [-0.2, 0) is 11.2 Å². The molecule has 26 heavy (non-hydrogen) atoms. The molecular formula is C21H21N3O2. The van der Waals surface area contributed by atoms with Gasteiger partial charge in [0.15, 0.2) is 0 Å². The Balaban J connectivity index is 1.86. The topological polar surface area (TPSA) is 65.4 Å². The van der Waals surface area contributed by atoms with Gasteiger partial charge in [-0.3, -0.25) is 4.79 Å². The van der Waals surface area contributed by atoms with E-state index in [-0.39, 0.29) is 11.5 Å². The number of carbonyl (C=O) groups excluding carboxylic acids is 1. The first-order valence-corrected chi connectivity index (χ1v) is 8.55. The predicted molar refractivity (Wildman–Crippen MR) is 102 cm³/mol. The molecule has 0 aliphatic carbocycles. The molecule has 0 radical (unpaired) electrons. The number of hydrogen-bond donors (Lipinski definition) is 1. The molecule has 132 valence electrons. The molecular weight excluding hydrogens is 326 g/mol. The van der Waals surface area contributed by atoms with Gasteiger partial charge in [-0.15, -0.1) is 0 Å². The van der Waals surface area contributed by atoms with Crippen LogP contribution in [0.5, 0.6) is 5.75 Å². The number of hydrogen-bond acceptors (Lipinski definition) is 4. The van der Waals surface area contributed by atoms with Crippen molar-refractivity contribution in [1.82, 2.24) is 0 Å². The summed E-state index contributed by atoms with van der Waals surface area (Å²) < 4.78 is 5.32. The van der Waals surface area contributed by atoms with Gasteiger partial charge in [-0.2, -0.15) is 5.26 Å². The number of nitrogens with one attached hydrogen (secondary N) is 1. The molecule has 1 amide bonds. The van der Waals surface area contributed by atoms with E-state index in [2.05, 4.69) is 5.32 Å². The molecule has 0 saturated heterocycles. The quantitative estimate of drug-likeness (QED) is 0.675. The smallest absolute Gasteiger partial charge is 0.270 e. The van der Waals surface area contributed by atoms with Crippen molar-refractivity contribution in [3.05, 3.63) is 65.4 Å². The molecule has 0 unspecified atom stereocenters. The highest BCUT2D eigenvalue weighted by Crippen LogP contribution is 2.28. The van der Waals surface area contributed by atoms with Gasteiger partial charge < -0.3 is 15.0 Å². The molecule has 2 aromatic rings. The van der Waals surface area contributed by atoms with Crippen LogP contribution in [0.3, 0.4) is 0 Å². The summed E-state index contributed by atoms with van der Waals surface area (Å²) in [5.74, 6) is 0.360. The predicted octanol–water partition coefficient (Wildman–Crippen LogP) is 3.80. The third-order valence-corrected chi connectivity index (χ3v) is 4.43. The second kappa shape index (κ2) is 7.75. The fourth-order valence-corrected chi connectivity index (χ4v) is 3.12. The lowest BCUT2D eigenvalue weighted by Crippen LogP contribution is -2.36. The van der Waals surface area contributed by atoms with Crippen LogP contribution in [0.15, 0.2) is 54.2 Å². The van der Waals surface area contributed by atoms with Crippen molar-refractivity contribution in [2.45, 2.75) is 19.8 Å². The lowest BCUT2D eigenvalue weighted by atomic mass is 10.0. The van der Waals surface area contributed by atoms with Crippen molar-refractivity contribution in [2.24, 2.45) is 0 Å². The standard InChI is InChI=1S/C21H21N3O2/c1-15-9-10-20(26-2)18(12-15)23-14-17(13-22)21(25)24-11-5-7-16-6-3-4-8-19(16)24/h3-4,6,8-10,12,14,23H,5,7,11H2,1-2H3/b17-14-. The SMILES string of the molecule is COc1ccc(C)cc1N/C=C(/C#N)C(=O)N1CCCc2ccccc21. The first-order chi connectivity index (χ1) is 12.6. The minimum atomic E-state index is -0.293. The van der Waals surface area contributed by atoms with Crippen LogP contribution in [0.25, 0.3) is 0 Å². The number of ether oxygens (including phenoxy) is 1. The van der Waals surface area contributed by atoms with Gasteiger partial charge in [-0.1, -0.05) is 24.3 Å². The molecule has 1 N–H and O–H groups in total. The Kier molecular flexibility index (Phi) is 5.23. The molecule has 0 saturated carbocycles. The van der Waals surface area contributed by atoms with Crippen LogP contribution in [0.2, 0.25) is 0 Å². The minimum absolute atomic E-state index is 0.0604. The number of anilines is 2. The molecule has 5 nitrogen and oxygen atoms in total. The van der Waals surface area contributed by atoms with Crippen LogP contribution in [0.4, 0.5) is 11.4 Å². The van der Waals surface area contributed by atoms with Crippen molar-refractivity contribution < 1.29 is 9.53 Å². The highest BCUT2D eigenvalue weighted by molar-refractivity contribution is 6.09. The molecule has 3 rings (SSSR count). The van der Waals surface area contributed by atoms with Gasteiger partial charge >= 0.3 is 0 Å². The van der Waals surface area contributed by atoms with Gasteiger partial charge in [0, 0.05) is 18.4 Å². The third kappa shape index (κ3) is 3.55. The fraction of sp³-hybridized carbons (Fsp3) is 0.238. The van der Waals surface area contributed by atoms with E-state index < -0.39 is 0 Å². The zero-order chi connectivity index (χ0) is 18.5. The highest BCUT2D eigenvalue weighted by Gasteiger charge is 2.24. The number of para-hydroxylation sites is 1. The number of fused-ring (bicyclic) bond motifs is 1. The highest BCUT2D eigenvalue weighted by atomic mass is 16.5. The number of rotatable bonds is 4. The van der Waals surface area contributed by atoms with Crippen molar-refractivity contribution in [3.8, 4) is 11.8 Å². The van der Waals surface area contributed by atoms with Crippen molar-refractivity contribution >= 4 is 17.3 Å². The summed E-state index contributed by atoms with van der Waals surface area (Å²) in [6.07, 6.45) is 3.29. The maximum Gasteiger partial charge on any atom is 0.270 e. The van der Waals surface area contributed by atoms with E-state index in [9.17, 15) is 10.1 Å². The van der Waals surface area contributed by atoms with E-state index in [0.29, 0.717) is 18.0 Å². The Hall–Kier alpha value is -3.26. The largest absolute Gasteiger partial charge is 0.495 e. The van der Waals surface area contributed by atoms with E-state index in [4.69, 9.17) is 4.74 Å². The van der Waals surface area contributed by atoms with E-state index in [1.807, 2.05) is 55.5 Å². The Morgan fingerprint density at radius 1 is 1.31 bits per heavy atom. The fourth-order valence-electron chi connectivity index (χ4n) is 3.12. The zero-order valence-corrected chi connectivity index (χ0v) is 15.0. The van der Waals surface area contributed by atoms with E-state index >= 15 is 0 Å². The molecule has 1 aliphatic rings. The number of benzene rings is 2. The van der Waals surface area contributed by atoms with Crippen LogP contribution in [0, 0.1) is 18.3 Å². The second-order valence-corrected chi connectivity index (χ2v) is 6.21. The summed E-state index contributed by atoms with van der Waals surface area (Å²) in [5, 5.41) is 12.5. The Morgan fingerprint density at radius 3 is 2.88 bits per heavy atom. The summed E-state index contributed by atoms with van der Waals surface area (Å²) in [6, 6.07) is 15.6. The van der Waals surface area contributed by atoms with Crippen molar-refractivity contribution in [2.75, 3.05) is 23.9 Å². The summed E-state index contributed by atoms with van der Waals surface area (Å²) in [4.78, 5) is 14.6. The zero-order valence-electron chi connectivity index (χ0n) is 15.0. The van der Waals surface area contributed by atoms with Gasteiger partial charge in [0.2, 0.25) is 0 Å². The van der Waals surface area contributed by atoms with Gasteiger partial charge in [0.05, 0.1) is 12.8 Å². The minimum Gasteiger partial charge on any atom is -0.495 e. The summed E-state index contributed by atoms with van der Waals surface area (Å²) in [7, 11) is 1.58. The lowest BCUT2D eigenvalue weighted by Gasteiger charge is -2.29. The Bertz CT molecular complexity index is 896. The van der Waals surface area contributed by atoms with Gasteiger partial charge in [0.1, 0.15) is 17.4 Å². The van der Waals surface area contributed by atoms with Gasteiger partial charge in [0.25, 0.3) is 5.91 Å². The first kappa shape index (κ1) is 17.6. The molecule has 1 aliphatic heterocycles. The Labute approximate surface area is 153 Å². The molecule has 0 fully saturated rings. The number of nitriles is 1. The maximum atomic E-state index is 12.9. The molecule has 0 aromatic heterocycles. The van der Waals surface area contributed by atoms with Gasteiger partial charge in [-0.25, -0.2) is 0 Å².